The van der Waals surface area contributed by atoms with Gasteiger partial charge < -0.3 is 4.74 Å². The molecule has 3 saturated carbocycles. The van der Waals surface area contributed by atoms with Gasteiger partial charge in [-0.2, -0.15) is 0 Å². The zero-order chi connectivity index (χ0) is 25.4. The summed E-state index contributed by atoms with van der Waals surface area (Å²) in [6.07, 6.45) is 19.8. The molecule has 0 aromatic rings. The zero-order valence-corrected chi connectivity index (χ0v) is 26.3. The van der Waals surface area contributed by atoms with Crippen LogP contribution in [0.5, 0.6) is 0 Å². The van der Waals surface area contributed by atoms with Crippen LogP contribution in [0, 0.1) is 52.3 Å². The molecule has 0 aromatic carbocycles. The first kappa shape index (κ1) is 28.6. The third-order valence-corrected chi connectivity index (χ3v) is 13.2. The Kier molecular flexibility index (Phi) is 9.59. The van der Waals surface area contributed by atoms with Crippen LogP contribution in [0.2, 0.25) is 0 Å². The predicted octanol–water partition coefficient (Wildman–Crippen LogP) is 9.52. The lowest BCUT2D eigenvalue weighted by atomic mass is 9.47. The highest BCUT2D eigenvalue weighted by molar-refractivity contribution is 7.37. The molecule has 6 unspecified atom stereocenters. The molecule has 0 aliphatic heterocycles. The predicted molar refractivity (Wildman–Crippen MR) is 160 cm³/mol. The Bertz CT molecular complexity index is 731. The normalized spacial score (nSPS) is 40.7. The Morgan fingerprint density at radius 1 is 0.943 bits per heavy atom. The molecule has 0 heterocycles. The summed E-state index contributed by atoms with van der Waals surface area (Å²) in [5.74, 6) is 6.26. The third kappa shape index (κ3) is 5.94. The summed E-state index contributed by atoms with van der Waals surface area (Å²) in [5, 5.41) is 0.599. The van der Waals surface area contributed by atoms with Gasteiger partial charge in [-0.3, -0.25) is 0 Å². The summed E-state index contributed by atoms with van der Waals surface area (Å²) in [4.78, 5) is 0. The lowest BCUT2D eigenvalue weighted by molar-refractivity contribution is -0.0644. The van der Waals surface area contributed by atoms with Crippen molar-refractivity contribution in [1.29, 1.82) is 0 Å². The fourth-order valence-corrected chi connectivity index (χ4v) is 9.79. The SMILES string of the molecule is CC(C)CCC[C@@H](C)[C@H]1CCC2C3CC=C4C[C@@H](OCCC(C)C(P)P)CC[C@]4(C)C3CC[C@@]21C. The van der Waals surface area contributed by atoms with Crippen molar-refractivity contribution in [2.75, 3.05) is 6.61 Å². The number of fused-ring (bicyclic) bond motifs is 5. The summed E-state index contributed by atoms with van der Waals surface area (Å²) in [6.45, 7) is 16.0. The minimum atomic E-state index is 0.448. The number of ether oxygens (including phenoxy) is 1. The zero-order valence-electron chi connectivity index (χ0n) is 24.0. The quantitative estimate of drug-likeness (QED) is 0.206. The average Bonchev–Trinajstić information content (AvgIpc) is 3.16. The van der Waals surface area contributed by atoms with E-state index in [2.05, 4.69) is 66.1 Å². The van der Waals surface area contributed by atoms with Crippen molar-refractivity contribution >= 4 is 18.5 Å². The largest absolute Gasteiger partial charge is 0.378 e. The van der Waals surface area contributed by atoms with E-state index in [1.165, 1.54) is 77.0 Å². The van der Waals surface area contributed by atoms with Gasteiger partial charge in [-0.05, 0) is 115 Å². The molecule has 0 saturated heterocycles. The Morgan fingerprint density at radius 3 is 2.43 bits per heavy atom. The maximum atomic E-state index is 6.45. The van der Waals surface area contributed by atoms with Crippen LogP contribution in [0.15, 0.2) is 11.6 Å². The summed E-state index contributed by atoms with van der Waals surface area (Å²) >= 11 is 0. The summed E-state index contributed by atoms with van der Waals surface area (Å²) in [5.41, 5.74) is 2.83. The van der Waals surface area contributed by atoms with Gasteiger partial charge in [-0.1, -0.05) is 72.5 Å². The minimum Gasteiger partial charge on any atom is -0.378 e. The molecule has 0 N–H and O–H groups in total. The Morgan fingerprint density at radius 2 is 1.71 bits per heavy atom. The van der Waals surface area contributed by atoms with Gasteiger partial charge in [0.1, 0.15) is 0 Å². The van der Waals surface area contributed by atoms with Crippen molar-refractivity contribution in [3.8, 4) is 0 Å². The van der Waals surface area contributed by atoms with Crippen LogP contribution < -0.4 is 0 Å². The van der Waals surface area contributed by atoms with Gasteiger partial charge in [0, 0.05) is 6.61 Å². The number of hydrogen-bond acceptors (Lipinski definition) is 1. The summed E-state index contributed by atoms with van der Waals surface area (Å²) < 4.78 is 6.45. The summed E-state index contributed by atoms with van der Waals surface area (Å²) in [7, 11) is 5.85. The molecule has 3 heteroatoms. The van der Waals surface area contributed by atoms with E-state index in [-0.39, 0.29) is 0 Å². The fourth-order valence-electron chi connectivity index (χ4n) is 9.41. The van der Waals surface area contributed by atoms with Gasteiger partial charge in [-0.25, -0.2) is 0 Å². The second-order valence-corrected chi connectivity index (χ2v) is 16.7. The van der Waals surface area contributed by atoms with Crippen molar-refractivity contribution in [3.05, 3.63) is 11.6 Å². The molecule has 4 aliphatic rings. The molecule has 3 fully saturated rings. The van der Waals surface area contributed by atoms with Gasteiger partial charge in [0.15, 0.2) is 0 Å². The van der Waals surface area contributed by atoms with Gasteiger partial charge in [0.05, 0.1) is 6.10 Å². The number of rotatable bonds is 10. The standard InChI is InChI=1S/C32H58OP2/c1-21(2)8-7-9-22(3)27-12-13-28-26-11-10-24-20-25(33-19-16-23(4)30(34)35)14-17-31(24,5)29(26)15-18-32(27,28)6/h10,21-23,25-30H,7-9,11-20,34-35H2,1-6H3/t22-,23?,25+,26?,27-,28?,29?,31+,32-/m1/s1. The van der Waals surface area contributed by atoms with Crippen LogP contribution >= 0.6 is 18.5 Å². The molecule has 202 valence electrons. The van der Waals surface area contributed by atoms with Crippen molar-refractivity contribution in [2.45, 2.75) is 130 Å². The van der Waals surface area contributed by atoms with Crippen LogP contribution in [-0.4, -0.2) is 18.1 Å². The van der Waals surface area contributed by atoms with Gasteiger partial charge in [-0.15, -0.1) is 18.5 Å². The lowest BCUT2D eigenvalue weighted by Crippen LogP contribution is -2.51. The second-order valence-electron chi connectivity index (χ2n) is 14.4. The van der Waals surface area contributed by atoms with Crippen LogP contribution in [-0.2, 0) is 4.74 Å². The first-order chi connectivity index (χ1) is 16.6. The fraction of sp³-hybridized carbons (Fsp3) is 0.938. The van der Waals surface area contributed by atoms with E-state index in [1.54, 1.807) is 5.57 Å². The highest BCUT2D eigenvalue weighted by Crippen LogP contribution is 2.67. The van der Waals surface area contributed by atoms with Crippen LogP contribution in [0.25, 0.3) is 0 Å². The molecule has 0 aromatic heterocycles. The Balaban J connectivity index is 1.38. The lowest BCUT2D eigenvalue weighted by Gasteiger charge is -2.58. The van der Waals surface area contributed by atoms with Gasteiger partial charge in [0.25, 0.3) is 0 Å². The van der Waals surface area contributed by atoms with E-state index in [0.717, 1.165) is 42.1 Å². The topological polar surface area (TPSA) is 9.23 Å². The molecule has 4 rings (SSSR count). The van der Waals surface area contributed by atoms with E-state index in [0.29, 0.717) is 28.3 Å². The average molecular weight is 521 g/mol. The van der Waals surface area contributed by atoms with Crippen molar-refractivity contribution in [2.24, 2.45) is 52.3 Å². The van der Waals surface area contributed by atoms with Gasteiger partial charge >= 0.3 is 0 Å². The first-order valence-corrected chi connectivity index (χ1v) is 16.7. The van der Waals surface area contributed by atoms with Crippen LogP contribution in [0.4, 0.5) is 0 Å². The monoisotopic (exact) mass is 520 g/mol. The van der Waals surface area contributed by atoms with Crippen LogP contribution in [0.3, 0.4) is 0 Å². The van der Waals surface area contributed by atoms with Crippen molar-refractivity contribution in [3.63, 3.8) is 0 Å². The van der Waals surface area contributed by atoms with E-state index < -0.39 is 0 Å². The highest BCUT2D eigenvalue weighted by atomic mass is 31.1. The van der Waals surface area contributed by atoms with E-state index in [4.69, 9.17) is 4.74 Å². The molecule has 4 aliphatic carbocycles. The molecule has 0 bridgehead atoms. The van der Waals surface area contributed by atoms with Crippen molar-refractivity contribution in [1.82, 2.24) is 0 Å². The van der Waals surface area contributed by atoms with Crippen LogP contribution in [0.1, 0.15) is 119 Å². The molecular weight excluding hydrogens is 462 g/mol. The molecule has 0 spiro atoms. The molecule has 0 amide bonds. The molecular formula is C32H58OP2. The first-order valence-electron chi connectivity index (χ1n) is 15.4. The van der Waals surface area contributed by atoms with Gasteiger partial charge in [0.2, 0.25) is 0 Å². The number of hydrogen-bond donors (Lipinski definition) is 0. The maximum Gasteiger partial charge on any atom is 0.0612 e. The number of allylic oxidation sites excluding steroid dienone is 1. The molecule has 1 nitrogen and oxygen atoms in total. The van der Waals surface area contributed by atoms with Crippen molar-refractivity contribution < 1.29 is 4.74 Å². The molecule has 0 radical (unpaired) electrons. The van der Waals surface area contributed by atoms with E-state index in [9.17, 15) is 0 Å². The van der Waals surface area contributed by atoms with E-state index >= 15 is 0 Å². The third-order valence-electron chi connectivity index (χ3n) is 11.8. The Hall–Kier alpha value is 0.560. The molecule has 11 atom stereocenters. The summed E-state index contributed by atoms with van der Waals surface area (Å²) in [6, 6.07) is 0. The maximum absolute atomic E-state index is 6.45. The minimum absolute atomic E-state index is 0.448. The highest BCUT2D eigenvalue weighted by Gasteiger charge is 2.59. The smallest absolute Gasteiger partial charge is 0.0612 e. The van der Waals surface area contributed by atoms with E-state index in [1.807, 2.05) is 0 Å². The molecule has 35 heavy (non-hydrogen) atoms. The Labute approximate surface area is 223 Å². The second kappa shape index (κ2) is 11.7.